The van der Waals surface area contributed by atoms with Crippen molar-refractivity contribution in [1.29, 1.82) is 0 Å². The van der Waals surface area contributed by atoms with E-state index in [1.165, 1.54) is 97.7 Å². The van der Waals surface area contributed by atoms with Crippen LogP contribution in [0.5, 0.6) is 0 Å². The van der Waals surface area contributed by atoms with Gasteiger partial charge in [-0.25, -0.2) is 9.97 Å². The maximum Gasteiger partial charge on any atom is 0.125 e. The molecular formula is C48H36N2S2. The van der Waals surface area contributed by atoms with Crippen molar-refractivity contribution >= 4 is 64.7 Å². The van der Waals surface area contributed by atoms with Crippen LogP contribution in [0.25, 0.3) is 85.4 Å². The smallest absolute Gasteiger partial charge is 0.125 e. The molecule has 11 rings (SSSR count). The Morgan fingerprint density at radius 3 is 1.23 bits per heavy atom. The molecule has 52 heavy (non-hydrogen) atoms. The van der Waals surface area contributed by atoms with Gasteiger partial charge in [-0.1, -0.05) is 88.4 Å². The average molecular weight is 705 g/mol. The minimum atomic E-state index is -0.187. The molecule has 2 aliphatic rings. The Bertz CT molecular complexity index is 2840. The molecule has 0 N–H and O–H groups in total. The second-order valence-corrected chi connectivity index (χ2v) is 18.0. The highest BCUT2D eigenvalue weighted by Gasteiger charge is 2.43. The van der Waals surface area contributed by atoms with E-state index >= 15 is 0 Å². The van der Waals surface area contributed by atoms with E-state index in [-0.39, 0.29) is 10.8 Å². The molecule has 0 aliphatic heterocycles. The molecule has 0 bridgehead atoms. The summed E-state index contributed by atoms with van der Waals surface area (Å²) in [6, 6.07) is 41.2. The monoisotopic (exact) mass is 704 g/mol. The predicted molar refractivity (Wildman–Crippen MR) is 223 cm³/mol. The van der Waals surface area contributed by atoms with Crippen molar-refractivity contribution in [3.05, 3.63) is 143 Å². The van der Waals surface area contributed by atoms with Crippen molar-refractivity contribution < 1.29 is 0 Å². The fourth-order valence-electron chi connectivity index (χ4n) is 9.30. The van der Waals surface area contributed by atoms with Crippen molar-refractivity contribution in [2.75, 3.05) is 0 Å². The van der Waals surface area contributed by atoms with Crippen LogP contribution in [0.3, 0.4) is 0 Å². The van der Waals surface area contributed by atoms with E-state index in [0.717, 1.165) is 21.0 Å². The normalized spacial score (nSPS) is 15.0. The van der Waals surface area contributed by atoms with Crippen molar-refractivity contribution in [3.8, 4) is 43.4 Å². The molecule has 2 aromatic heterocycles. The highest BCUT2D eigenvalue weighted by Crippen LogP contribution is 2.60. The average Bonchev–Trinajstić information content (AvgIpc) is 3.86. The molecule has 0 saturated heterocycles. The van der Waals surface area contributed by atoms with E-state index in [4.69, 9.17) is 9.97 Å². The molecule has 4 heteroatoms. The summed E-state index contributed by atoms with van der Waals surface area (Å²) in [5, 5.41) is 7.34. The number of hydrogen-bond donors (Lipinski definition) is 0. The van der Waals surface area contributed by atoms with Crippen LogP contribution in [0.15, 0.2) is 109 Å². The molecule has 2 aliphatic carbocycles. The number of aryl methyl sites for hydroxylation is 2. The quantitative estimate of drug-likeness (QED) is 0.179. The van der Waals surface area contributed by atoms with Crippen LogP contribution >= 0.6 is 22.7 Å². The van der Waals surface area contributed by atoms with E-state index in [1.807, 2.05) is 0 Å². The number of rotatable bonds is 2. The Morgan fingerprint density at radius 1 is 0.423 bits per heavy atom. The minimum absolute atomic E-state index is 0.187. The van der Waals surface area contributed by atoms with Crippen molar-refractivity contribution in [2.24, 2.45) is 0 Å². The molecule has 250 valence electrons. The molecule has 0 unspecified atom stereocenters. The molecule has 9 aromatic rings. The third-order valence-electron chi connectivity index (χ3n) is 12.0. The minimum Gasteiger partial charge on any atom is -0.236 e. The molecule has 0 amide bonds. The van der Waals surface area contributed by atoms with Crippen molar-refractivity contribution in [3.63, 3.8) is 0 Å². The molecule has 2 nitrogen and oxygen atoms in total. The van der Waals surface area contributed by atoms with Crippen LogP contribution in [0.1, 0.15) is 61.1 Å². The molecule has 0 radical (unpaired) electrons. The maximum absolute atomic E-state index is 5.18. The maximum atomic E-state index is 5.18. The molecule has 0 saturated carbocycles. The molecule has 0 spiro atoms. The first kappa shape index (κ1) is 30.5. The van der Waals surface area contributed by atoms with Crippen LogP contribution in [-0.4, -0.2) is 9.97 Å². The Balaban J connectivity index is 1.15. The van der Waals surface area contributed by atoms with Crippen LogP contribution < -0.4 is 0 Å². The summed E-state index contributed by atoms with van der Waals surface area (Å²) in [5.41, 5.74) is 17.9. The Kier molecular flexibility index (Phi) is 6.00. The van der Waals surface area contributed by atoms with Gasteiger partial charge in [0.15, 0.2) is 0 Å². The van der Waals surface area contributed by atoms with Crippen molar-refractivity contribution in [1.82, 2.24) is 9.97 Å². The lowest BCUT2D eigenvalue weighted by Gasteiger charge is -2.24. The van der Waals surface area contributed by atoms with Crippen LogP contribution in [0.2, 0.25) is 0 Å². The third kappa shape index (κ3) is 4.00. The second-order valence-electron chi connectivity index (χ2n) is 16.0. The second kappa shape index (κ2) is 10.2. The summed E-state index contributed by atoms with van der Waals surface area (Å²) in [5.74, 6) is 0. The van der Waals surface area contributed by atoms with Gasteiger partial charge < -0.3 is 0 Å². The molecule has 0 fully saturated rings. The summed E-state index contributed by atoms with van der Waals surface area (Å²) in [6.07, 6.45) is 0. The van der Waals surface area contributed by atoms with E-state index in [2.05, 4.69) is 151 Å². The number of nitrogens with zero attached hydrogens (tertiary/aromatic N) is 2. The number of benzene rings is 7. The van der Waals surface area contributed by atoms with Crippen LogP contribution in [-0.2, 0) is 10.8 Å². The fourth-order valence-corrected chi connectivity index (χ4v) is 11.5. The van der Waals surface area contributed by atoms with Crippen LogP contribution in [0, 0.1) is 13.8 Å². The zero-order valence-corrected chi connectivity index (χ0v) is 31.7. The SMILES string of the molecule is Cc1ccc2nc(-c3cc4c(c5ccccc35)-c3cc5c(cc3C4(C)C)-c3c(cc(-c4nc6ccc(C)cc6s4)c4ccccc34)C5(C)C)sc2c1. The lowest BCUT2D eigenvalue weighted by Crippen LogP contribution is -2.17. The van der Waals surface area contributed by atoms with E-state index in [0.29, 0.717) is 0 Å². The first-order chi connectivity index (χ1) is 25.1. The van der Waals surface area contributed by atoms with Gasteiger partial charge in [0, 0.05) is 22.0 Å². The Morgan fingerprint density at radius 2 is 0.808 bits per heavy atom. The zero-order chi connectivity index (χ0) is 35.3. The van der Waals surface area contributed by atoms with E-state index in [9.17, 15) is 0 Å². The Labute approximate surface area is 311 Å². The molecule has 2 heterocycles. The lowest BCUT2D eigenvalue weighted by atomic mass is 9.79. The van der Waals surface area contributed by atoms with Gasteiger partial charge in [-0.15, -0.1) is 22.7 Å². The predicted octanol–water partition coefficient (Wildman–Crippen LogP) is 13.8. The highest BCUT2D eigenvalue weighted by atomic mass is 32.1. The Hall–Kier alpha value is -5.16. The lowest BCUT2D eigenvalue weighted by molar-refractivity contribution is 0.652. The standard InChI is InChI=1S/C48H36N2S2/c1-25-15-17-39-41(19-25)51-45(49-39)31-21-37-43(29-13-9-7-11-27(29)31)33-23-36-34(24-35(33)47(37,3)4)44-30-14-10-8-12-28(30)32(22-38(44)48(36,5)6)46-50-40-18-16-26(2)20-42(40)52-46/h7-24H,1-6H3. The number of fused-ring (bicyclic) bond motifs is 12. The largest absolute Gasteiger partial charge is 0.236 e. The van der Waals surface area contributed by atoms with Gasteiger partial charge in [-0.05, 0) is 140 Å². The molecule has 0 atom stereocenters. The molecular weight excluding hydrogens is 669 g/mol. The number of hydrogen-bond acceptors (Lipinski definition) is 4. The van der Waals surface area contributed by atoms with E-state index in [1.54, 1.807) is 22.7 Å². The summed E-state index contributed by atoms with van der Waals surface area (Å²) in [7, 11) is 0. The summed E-state index contributed by atoms with van der Waals surface area (Å²) in [4.78, 5) is 10.4. The zero-order valence-electron chi connectivity index (χ0n) is 30.1. The fraction of sp³-hybridized carbons (Fsp3) is 0.167. The van der Waals surface area contributed by atoms with Gasteiger partial charge in [0.1, 0.15) is 10.0 Å². The summed E-state index contributed by atoms with van der Waals surface area (Å²) in [6.45, 7) is 14.0. The van der Waals surface area contributed by atoms with Crippen molar-refractivity contribution in [2.45, 2.75) is 52.4 Å². The topological polar surface area (TPSA) is 25.8 Å². The third-order valence-corrected chi connectivity index (χ3v) is 14.1. The number of aromatic nitrogens is 2. The summed E-state index contributed by atoms with van der Waals surface area (Å²) < 4.78 is 2.49. The number of thiazole rings is 2. The van der Waals surface area contributed by atoms with Gasteiger partial charge in [0.25, 0.3) is 0 Å². The van der Waals surface area contributed by atoms with E-state index < -0.39 is 0 Å². The molecule has 7 aromatic carbocycles. The van der Waals surface area contributed by atoms with Gasteiger partial charge in [-0.2, -0.15) is 0 Å². The van der Waals surface area contributed by atoms with Gasteiger partial charge in [0.2, 0.25) is 0 Å². The first-order valence-corrected chi connectivity index (χ1v) is 19.8. The van der Waals surface area contributed by atoms with Crippen LogP contribution in [0.4, 0.5) is 0 Å². The first-order valence-electron chi connectivity index (χ1n) is 18.2. The van der Waals surface area contributed by atoms with Gasteiger partial charge in [0.05, 0.1) is 20.4 Å². The summed E-state index contributed by atoms with van der Waals surface area (Å²) >= 11 is 3.61. The van der Waals surface area contributed by atoms with Gasteiger partial charge in [-0.3, -0.25) is 0 Å². The highest BCUT2D eigenvalue weighted by molar-refractivity contribution is 7.22. The van der Waals surface area contributed by atoms with Gasteiger partial charge >= 0.3 is 0 Å².